The molecule has 1 saturated heterocycles. The van der Waals surface area contributed by atoms with Gasteiger partial charge in [0, 0.05) is 32.7 Å². The third kappa shape index (κ3) is 7.45. The van der Waals surface area contributed by atoms with Gasteiger partial charge in [-0.05, 0) is 26.2 Å². The first-order valence-corrected chi connectivity index (χ1v) is 7.13. The molecule has 1 heterocycles. The van der Waals surface area contributed by atoms with Gasteiger partial charge >= 0.3 is 0 Å². The number of hydrogen-bond donors (Lipinski definition) is 3. The molecule has 0 aliphatic carbocycles. The van der Waals surface area contributed by atoms with E-state index in [1.165, 1.54) is 0 Å². The van der Waals surface area contributed by atoms with Crippen molar-refractivity contribution in [3.8, 4) is 5.75 Å². The molecular formula is C15H27N3O2. The van der Waals surface area contributed by atoms with Gasteiger partial charge in [-0.15, -0.1) is 0 Å². The monoisotopic (exact) mass is 281 g/mol. The normalized spacial score (nSPS) is 16.9. The molecule has 1 unspecified atom stereocenters. The summed E-state index contributed by atoms with van der Waals surface area (Å²) in [6.45, 7) is 5.06. The second-order valence-corrected chi connectivity index (χ2v) is 4.83. The Bertz CT molecular complexity index is 329. The number of nitrogens with zero attached hydrogens (tertiary/aromatic N) is 1. The molecule has 1 fully saturated rings. The summed E-state index contributed by atoms with van der Waals surface area (Å²) >= 11 is 0. The first kappa shape index (κ1) is 16.9. The number of hydrogen-bond acceptors (Lipinski definition) is 5. The van der Waals surface area contributed by atoms with Crippen molar-refractivity contribution in [2.75, 3.05) is 53.4 Å². The second kappa shape index (κ2) is 10.6. The zero-order valence-electron chi connectivity index (χ0n) is 12.5. The van der Waals surface area contributed by atoms with Gasteiger partial charge in [-0.2, -0.15) is 0 Å². The van der Waals surface area contributed by atoms with Crippen molar-refractivity contribution < 1.29 is 9.84 Å². The molecule has 5 nitrogen and oxygen atoms in total. The number of aliphatic hydroxyl groups excluding tert-OH is 1. The van der Waals surface area contributed by atoms with Crippen molar-refractivity contribution in [3.63, 3.8) is 0 Å². The molecule has 114 valence electrons. The third-order valence-electron chi connectivity index (χ3n) is 2.86. The SMILES string of the molecule is CNC.OC(COc1ccccc1)CN1CCNCC1. The van der Waals surface area contributed by atoms with Gasteiger partial charge in [0.25, 0.3) is 0 Å². The minimum Gasteiger partial charge on any atom is -0.491 e. The van der Waals surface area contributed by atoms with E-state index < -0.39 is 6.10 Å². The van der Waals surface area contributed by atoms with Crippen LogP contribution in [0, 0.1) is 0 Å². The van der Waals surface area contributed by atoms with Crippen LogP contribution in [0.3, 0.4) is 0 Å². The highest BCUT2D eigenvalue weighted by molar-refractivity contribution is 5.20. The average Bonchev–Trinajstić information content (AvgIpc) is 2.48. The predicted molar refractivity (Wildman–Crippen MR) is 82.2 cm³/mol. The Hall–Kier alpha value is -1.14. The minimum atomic E-state index is -0.423. The van der Waals surface area contributed by atoms with E-state index in [0.29, 0.717) is 13.2 Å². The molecule has 1 aromatic carbocycles. The lowest BCUT2D eigenvalue weighted by Gasteiger charge is -2.28. The van der Waals surface area contributed by atoms with Crippen molar-refractivity contribution in [1.82, 2.24) is 15.5 Å². The number of nitrogens with one attached hydrogen (secondary N) is 2. The van der Waals surface area contributed by atoms with Gasteiger partial charge < -0.3 is 20.5 Å². The van der Waals surface area contributed by atoms with Crippen molar-refractivity contribution in [3.05, 3.63) is 30.3 Å². The summed E-state index contributed by atoms with van der Waals surface area (Å²) in [6.07, 6.45) is -0.423. The highest BCUT2D eigenvalue weighted by Crippen LogP contribution is 2.08. The van der Waals surface area contributed by atoms with Crippen LogP contribution in [0.15, 0.2) is 30.3 Å². The summed E-state index contributed by atoms with van der Waals surface area (Å²) in [7, 11) is 3.75. The molecule has 0 bridgehead atoms. The van der Waals surface area contributed by atoms with Gasteiger partial charge in [-0.3, -0.25) is 4.90 Å². The highest BCUT2D eigenvalue weighted by Gasteiger charge is 2.14. The highest BCUT2D eigenvalue weighted by atomic mass is 16.5. The smallest absolute Gasteiger partial charge is 0.119 e. The van der Waals surface area contributed by atoms with Gasteiger partial charge in [0.1, 0.15) is 18.5 Å². The fourth-order valence-corrected chi connectivity index (χ4v) is 1.95. The van der Waals surface area contributed by atoms with Crippen molar-refractivity contribution in [1.29, 1.82) is 0 Å². The molecule has 1 aliphatic heterocycles. The molecule has 1 atom stereocenters. The standard InChI is InChI=1S/C13H20N2O2.C2H7N/c16-12(10-15-8-6-14-7-9-15)11-17-13-4-2-1-3-5-13;1-3-2/h1-5,12,14,16H,6-11H2;3H,1-2H3. The first-order chi connectivity index (χ1) is 9.76. The van der Waals surface area contributed by atoms with Crippen LogP contribution in [0.1, 0.15) is 0 Å². The molecule has 2 rings (SSSR count). The second-order valence-electron chi connectivity index (χ2n) is 4.83. The number of piperazine rings is 1. The Labute approximate surface area is 121 Å². The van der Waals surface area contributed by atoms with Crippen molar-refractivity contribution in [2.24, 2.45) is 0 Å². The van der Waals surface area contributed by atoms with E-state index in [4.69, 9.17) is 4.74 Å². The van der Waals surface area contributed by atoms with E-state index in [1.54, 1.807) is 0 Å². The Morgan fingerprint density at radius 1 is 1.25 bits per heavy atom. The number of ether oxygens (including phenoxy) is 1. The van der Waals surface area contributed by atoms with E-state index in [-0.39, 0.29) is 0 Å². The number of β-amino-alcohol motifs (C(OH)–C–C–N with tert-alkyl or cyclic N) is 1. The molecule has 0 aromatic heterocycles. The van der Waals surface area contributed by atoms with Crippen molar-refractivity contribution in [2.45, 2.75) is 6.10 Å². The van der Waals surface area contributed by atoms with Crippen molar-refractivity contribution >= 4 is 0 Å². The van der Waals surface area contributed by atoms with Gasteiger partial charge in [0.15, 0.2) is 0 Å². The molecule has 1 aromatic rings. The minimum absolute atomic E-state index is 0.355. The van der Waals surface area contributed by atoms with Gasteiger partial charge in [0.05, 0.1) is 0 Å². The van der Waals surface area contributed by atoms with E-state index in [0.717, 1.165) is 31.9 Å². The molecule has 20 heavy (non-hydrogen) atoms. The summed E-state index contributed by atoms with van der Waals surface area (Å²) in [6, 6.07) is 9.61. The van der Waals surface area contributed by atoms with Gasteiger partial charge in [-0.1, -0.05) is 18.2 Å². The zero-order valence-corrected chi connectivity index (χ0v) is 12.5. The van der Waals surface area contributed by atoms with E-state index in [1.807, 2.05) is 44.4 Å². The van der Waals surface area contributed by atoms with Crippen LogP contribution in [-0.4, -0.2) is 69.5 Å². The molecular weight excluding hydrogens is 254 g/mol. The third-order valence-corrected chi connectivity index (χ3v) is 2.86. The van der Waals surface area contributed by atoms with Crippen LogP contribution in [-0.2, 0) is 0 Å². The van der Waals surface area contributed by atoms with Crippen LogP contribution in [0.2, 0.25) is 0 Å². The lowest BCUT2D eigenvalue weighted by molar-refractivity contribution is 0.0641. The number of para-hydroxylation sites is 1. The number of aliphatic hydroxyl groups is 1. The van der Waals surface area contributed by atoms with Gasteiger partial charge in [-0.25, -0.2) is 0 Å². The van der Waals surface area contributed by atoms with Crippen LogP contribution >= 0.6 is 0 Å². The summed E-state index contributed by atoms with van der Waals surface area (Å²) < 4.78 is 5.52. The maximum Gasteiger partial charge on any atom is 0.119 e. The Kier molecular flexibility index (Phi) is 8.98. The van der Waals surface area contributed by atoms with Crippen LogP contribution in [0.5, 0.6) is 5.75 Å². The Balaban J connectivity index is 0.000000612. The maximum atomic E-state index is 9.88. The Morgan fingerprint density at radius 3 is 2.45 bits per heavy atom. The Morgan fingerprint density at radius 2 is 1.85 bits per heavy atom. The quantitative estimate of drug-likeness (QED) is 0.718. The topological polar surface area (TPSA) is 56.8 Å². The molecule has 0 amide bonds. The molecule has 1 aliphatic rings. The molecule has 0 saturated carbocycles. The average molecular weight is 281 g/mol. The summed E-state index contributed by atoms with van der Waals surface area (Å²) in [4.78, 5) is 2.26. The largest absolute Gasteiger partial charge is 0.491 e. The lowest BCUT2D eigenvalue weighted by Crippen LogP contribution is -2.47. The first-order valence-electron chi connectivity index (χ1n) is 7.13. The van der Waals surface area contributed by atoms with Crippen LogP contribution < -0.4 is 15.4 Å². The zero-order chi connectivity index (χ0) is 14.6. The van der Waals surface area contributed by atoms with E-state index >= 15 is 0 Å². The lowest BCUT2D eigenvalue weighted by atomic mass is 10.3. The molecule has 0 spiro atoms. The molecule has 5 heteroatoms. The predicted octanol–water partition coefficient (Wildman–Crippen LogP) is 0.167. The van der Waals surface area contributed by atoms with Crippen LogP contribution in [0.4, 0.5) is 0 Å². The molecule has 3 N–H and O–H groups in total. The van der Waals surface area contributed by atoms with Crippen LogP contribution in [0.25, 0.3) is 0 Å². The van der Waals surface area contributed by atoms with E-state index in [2.05, 4.69) is 15.5 Å². The number of benzene rings is 1. The fraction of sp³-hybridized carbons (Fsp3) is 0.600. The summed E-state index contributed by atoms with van der Waals surface area (Å²) in [5.74, 6) is 0.812. The maximum absolute atomic E-state index is 9.88. The number of rotatable bonds is 5. The summed E-state index contributed by atoms with van der Waals surface area (Å²) in [5.41, 5.74) is 0. The fourth-order valence-electron chi connectivity index (χ4n) is 1.95. The molecule has 0 radical (unpaired) electrons. The summed E-state index contributed by atoms with van der Waals surface area (Å²) in [5, 5.41) is 15.9. The van der Waals surface area contributed by atoms with Gasteiger partial charge in [0.2, 0.25) is 0 Å². The van der Waals surface area contributed by atoms with E-state index in [9.17, 15) is 5.11 Å².